The fourth-order valence-corrected chi connectivity index (χ4v) is 3.09. The molecule has 2 N–H and O–H groups in total. The van der Waals surface area contributed by atoms with E-state index in [9.17, 15) is 0 Å². The van der Waals surface area contributed by atoms with Crippen molar-refractivity contribution in [2.75, 3.05) is 11.9 Å². The summed E-state index contributed by atoms with van der Waals surface area (Å²) >= 11 is 6.30. The van der Waals surface area contributed by atoms with Crippen molar-refractivity contribution < 1.29 is 0 Å². The van der Waals surface area contributed by atoms with E-state index in [1.165, 1.54) is 25.7 Å². The lowest BCUT2D eigenvalue weighted by Crippen LogP contribution is -2.36. The second-order valence-corrected chi connectivity index (χ2v) is 5.80. The molecule has 0 amide bonds. The Morgan fingerprint density at radius 2 is 2.28 bits per heavy atom. The summed E-state index contributed by atoms with van der Waals surface area (Å²) in [6.07, 6.45) is 6.93. The topological polar surface area (TPSA) is 42.2 Å². The number of pyridine rings is 1. The molecule has 1 saturated carbocycles. The zero-order valence-corrected chi connectivity index (χ0v) is 12.0. The highest BCUT2D eigenvalue weighted by Crippen LogP contribution is 2.31. The van der Waals surface area contributed by atoms with Crippen LogP contribution in [0.2, 0.25) is 5.02 Å². The van der Waals surface area contributed by atoms with Crippen LogP contribution in [-0.4, -0.2) is 18.1 Å². The minimum atomic E-state index is 0.483. The van der Waals surface area contributed by atoms with Crippen LogP contribution in [0.25, 0.3) is 0 Å². The first-order valence-corrected chi connectivity index (χ1v) is 7.07. The van der Waals surface area contributed by atoms with Crippen molar-refractivity contribution in [2.45, 2.75) is 45.2 Å². The first-order chi connectivity index (χ1) is 8.61. The van der Waals surface area contributed by atoms with Crippen molar-refractivity contribution in [3.63, 3.8) is 0 Å². The summed E-state index contributed by atoms with van der Waals surface area (Å²) in [5.74, 6) is 1.68. The molecule has 2 unspecified atom stereocenters. The van der Waals surface area contributed by atoms with Crippen LogP contribution in [0.3, 0.4) is 0 Å². The molecule has 18 heavy (non-hydrogen) atoms. The van der Waals surface area contributed by atoms with Gasteiger partial charge < -0.3 is 10.6 Å². The fourth-order valence-electron chi connectivity index (χ4n) is 2.77. The largest absolute Gasteiger partial charge is 0.355 e. The third-order valence-corrected chi connectivity index (χ3v) is 4.18. The lowest BCUT2D eigenvalue weighted by Gasteiger charge is -2.35. The van der Waals surface area contributed by atoms with Crippen molar-refractivity contribution >= 4 is 17.4 Å². The van der Waals surface area contributed by atoms with Crippen LogP contribution in [0.5, 0.6) is 0 Å². The van der Waals surface area contributed by atoms with Crippen molar-refractivity contribution in [1.29, 1.82) is 0 Å². The van der Waals surface area contributed by atoms with Gasteiger partial charge in [0.2, 0.25) is 0 Å². The van der Waals surface area contributed by atoms with Crippen molar-refractivity contribution in [1.82, 2.24) is 4.98 Å². The Hall–Kier alpha value is -0.800. The normalized spacial score (nSPS) is 24.0. The summed E-state index contributed by atoms with van der Waals surface area (Å²) in [5, 5.41) is 0.707. The molecule has 100 valence electrons. The number of hydrogen-bond acceptors (Lipinski definition) is 3. The van der Waals surface area contributed by atoms with Crippen molar-refractivity contribution in [3.05, 3.63) is 22.8 Å². The fraction of sp³-hybridized carbons (Fsp3) is 0.643. The van der Waals surface area contributed by atoms with E-state index in [0.29, 0.717) is 17.6 Å². The van der Waals surface area contributed by atoms with E-state index in [-0.39, 0.29) is 0 Å². The summed E-state index contributed by atoms with van der Waals surface area (Å²) in [6.45, 7) is 2.81. The van der Waals surface area contributed by atoms with Crippen LogP contribution >= 0.6 is 11.6 Å². The summed E-state index contributed by atoms with van der Waals surface area (Å²) in [5.41, 5.74) is 6.57. The second kappa shape index (κ2) is 5.89. The van der Waals surface area contributed by atoms with E-state index in [1.54, 1.807) is 0 Å². The van der Waals surface area contributed by atoms with Crippen LogP contribution in [0, 0.1) is 5.92 Å². The lowest BCUT2D eigenvalue weighted by molar-refractivity contribution is 0.335. The van der Waals surface area contributed by atoms with Crippen molar-refractivity contribution in [2.24, 2.45) is 11.7 Å². The van der Waals surface area contributed by atoms with E-state index >= 15 is 0 Å². The zero-order chi connectivity index (χ0) is 13.1. The molecule has 0 saturated heterocycles. The molecule has 1 aliphatic carbocycles. The molecule has 1 aromatic heterocycles. The Morgan fingerprint density at radius 3 is 2.89 bits per heavy atom. The number of aromatic nitrogens is 1. The third-order valence-electron chi connectivity index (χ3n) is 3.90. The highest BCUT2D eigenvalue weighted by Gasteiger charge is 2.24. The quantitative estimate of drug-likeness (QED) is 0.914. The molecule has 2 rings (SSSR count). The maximum atomic E-state index is 6.30. The summed E-state index contributed by atoms with van der Waals surface area (Å²) in [4.78, 5) is 6.70. The number of nitrogens with two attached hydrogens (primary N) is 1. The molecule has 1 aromatic rings. The van der Waals surface area contributed by atoms with Gasteiger partial charge in [0.05, 0.1) is 5.02 Å². The van der Waals surface area contributed by atoms with E-state index < -0.39 is 0 Å². The molecular weight excluding hydrogens is 246 g/mol. The lowest BCUT2D eigenvalue weighted by atomic mass is 9.86. The standard InChI is InChI=1S/C14H22ClN3/c1-10-4-3-5-12(6-10)18(2)14-13(15)7-11(8-16)9-17-14/h7,9-10,12H,3-6,8,16H2,1-2H3. The smallest absolute Gasteiger partial charge is 0.147 e. The number of hydrogen-bond donors (Lipinski definition) is 1. The molecule has 2 atom stereocenters. The van der Waals surface area contributed by atoms with Gasteiger partial charge in [-0.15, -0.1) is 0 Å². The SMILES string of the molecule is CC1CCCC(N(C)c2ncc(CN)cc2Cl)C1. The second-order valence-electron chi connectivity index (χ2n) is 5.39. The van der Waals surface area contributed by atoms with Crippen LogP contribution in [0.15, 0.2) is 12.3 Å². The predicted octanol–water partition coefficient (Wildman–Crippen LogP) is 3.21. The number of anilines is 1. The average Bonchev–Trinajstić information content (AvgIpc) is 2.37. The van der Waals surface area contributed by atoms with Gasteiger partial charge >= 0.3 is 0 Å². The Balaban J connectivity index is 2.15. The van der Waals surface area contributed by atoms with Crippen LogP contribution in [0.1, 0.15) is 38.2 Å². The third kappa shape index (κ3) is 2.96. The first-order valence-electron chi connectivity index (χ1n) is 6.69. The Morgan fingerprint density at radius 1 is 1.50 bits per heavy atom. The summed E-state index contributed by atoms with van der Waals surface area (Å²) in [6, 6.07) is 2.48. The monoisotopic (exact) mass is 267 g/mol. The van der Waals surface area contributed by atoms with Gasteiger partial charge in [0.1, 0.15) is 5.82 Å². The highest BCUT2D eigenvalue weighted by atomic mass is 35.5. The maximum absolute atomic E-state index is 6.30. The predicted molar refractivity (Wildman–Crippen MR) is 77.0 cm³/mol. The molecule has 0 aromatic carbocycles. The Bertz CT molecular complexity index is 408. The Kier molecular flexibility index (Phi) is 4.46. The summed E-state index contributed by atoms with van der Waals surface area (Å²) in [7, 11) is 2.10. The van der Waals surface area contributed by atoms with Crippen molar-refractivity contribution in [3.8, 4) is 0 Å². The molecule has 0 radical (unpaired) electrons. The minimum absolute atomic E-state index is 0.483. The molecule has 3 nitrogen and oxygen atoms in total. The van der Waals surface area contributed by atoms with Gasteiger partial charge in [-0.25, -0.2) is 4.98 Å². The Labute approximate surface area is 114 Å². The average molecular weight is 268 g/mol. The van der Waals surface area contributed by atoms with Crippen LogP contribution < -0.4 is 10.6 Å². The number of halogens is 1. The first kappa shape index (κ1) is 13.6. The highest BCUT2D eigenvalue weighted by molar-refractivity contribution is 6.33. The zero-order valence-electron chi connectivity index (χ0n) is 11.2. The molecule has 0 aliphatic heterocycles. The van der Waals surface area contributed by atoms with Gasteiger partial charge in [-0.1, -0.05) is 31.4 Å². The van der Waals surface area contributed by atoms with Gasteiger partial charge in [0.25, 0.3) is 0 Å². The number of nitrogens with zero attached hydrogens (tertiary/aromatic N) is 2. The van der Waals surface area contributed by atoms with Gasteiger partial charge in [-0.05, 0) is 30.4 Å². The molecule has 4 heteroatoms. The van der Waals surface area contributed by atoms with E-state index in [4.69, 9.17) is 17.3 Å². The molecule has 1 fully saturated rings. The van der Waals surface area contributed by atoms with Gasteiger partial charge in [0, 0.05) is 25.8 Å². The maximum Gasteiger partial charge on any atom is 0.147 e. The van der Waals surface area contributed by atoms with Gasteiger partial charge in [0.15, 0.2) is 0 Å². The molecule has 1 aliphatic rings. The summed E-state index contributed by atoms with van der Waals surface area (Å²) < 4.78 is 0. The van der Waals surface area contributed by atoms with E-state index in [0.717, 1.165) is 17.3 Å². The molecule has 0 bridgehead atoms. The van der Waals surface area contributed by atoms with E-state index in [1.807, 2.05) is 12.3 Å². The van der Waals surface area contributed by atoms with Crippen LogP contribution in [0.4, 0.5) is 5.82 Å². The van der Waals surface area contributed by atoms with E-state index in [2.05, 4.69) is 23.9 Å². The minimum Gasteiger partial charge on any atom is -0.355 e. The molecular formula is C14H22ClN3. The molecule has 1 heterocycles. The van der Waals surface area contributed by atoms with Crippen LogP contribution in [-0.2, 0) is 6.54 Å². The van der Waals surface area contributed by atoms with Gasteiger partial charge in [-0.2, -0.15) is 0 Å². The molecule has 0 spiro atoms. The van der Waals surface area contributed by atoms with Gasteiger partial charge in [-0.3, -0.25) is 0 Å². The number of rotatable bonds is 3.